The summed E-state index contributed by atoms with van der Waals surface area (Å²) in [6.45, 7) is 2.31. The van der Waals surface area contributed by atoms with Crippen molar-refractivity contribution in [3.05, 3.63) is 22.2 Å². The standard InChI is InChI=1S/C17H26BrNO2/c1-5-17(8-6-7-9-17)16(19-2)12-10-14(20-3)15(21-4)11-13(12)18/h10-11,16,19H,5-9H2,1-4H3. The summed E-state index contributed by atoms with van der Waals surface area (Å²) in [5.74, 6) is 1.56. The number of hydrogen-bond donors (Lipinski definition) is 1. The first-order valence-corrected chi connectivity index (χ1v) is 8.50. The second-order valence-electron chi connectivity index (χ2n) is 5.87. The fourth-order valence-corrected chi connectivity index (χ4v) is 4.36. The lowest BCUT2D eigenvalue weighted by molar-refractivity contribution is 0.194. The van der Waals surface area contributed by atoms with Crippen molar-refractivity contribution in [2.24, 2.45) is 5.41 Å². The first kappa shape index (κ1) is 16.6. The van der Waals surface area contributed by atoms with Crippen LogP contribution < -0.4 is 14.8 Å². The molecule has 4 heteroatoms. The number of nitrogens with one attached hydrogen (secondary N) is 1. The third-order valence-electron chi connectivity index (χ3n) is 5.02. The van der Waals surface area contributed by atoms with Crippen LogP contribution in [-0.2, 0) is 0 Å². The fraction of sp³-hybridized carbons (Fsp3) is 0.647. The van der Waals surface area contributed by atoms with Crippen molar-refractivity contribution in [2.75, 3.05) is 21.3 Å². The normalized spacial score (nSPS) is 18.5. The summed E-state index contributed by atoms with van der Waals surface area (Å²) in [5.41, 5.74) is 1.61. The molecule has 118 valence electrons. The predicted octanol–water partition coefficient (Wildman–Crippen LogP) is 4.70. The number of methoxy groups -OCH3 is 2. The molecule has 1 fully saturated rings. The summed E-state index contributed by atoms with van der Waals surface area (Å²) in [5, 5.41) is 3.56. The van der Waals surface area contributed by atoms with Gasteiger partial charge in [-0.3, -0.25) is 0 Å². The highest BCUT2D eigenvalue weighted by molar-refractivity contribution is 9.10. The molecule has 1 aliphatic carbocycles. The quantitative estimate of drug-likeness (QED) is 0.802. The van der Waals surface area contributed by atoms with Crippen molar-refractivity contribution in [2.45, 2.75) is 45.1 Å². The van der Waals surface area contributed by atoms with Crippen LogP contribution in [0, 0.1) is 5.41 Å². The van der Waals surface area contributed by atoms with E-state index in [1.54, 1.807) is 14.2 Å². The van der Waals surface area contributed by atoms with E-state index in [0.29, 0.717) is 11.5 Å². The van der Waals surface area contributed by atoms with E-state index in [9.17, 15) is 0 Å². The molecule has 0 aliphatic heterocycles. The van der Waals surface area contributed by atoms with Crippen LogP contribution in [0.15, 0.2) is 16.6 Å². The number of halogens is 1. The molecule has 2 rings (SSSR count). The minimum absolute atomic E-state index is 0.333. The Morgan fingerprint density at radius 3 is 2.24 bits per heavy atom. The molecule has 0 bridgehead atoms. The van der Waals surface area contributed by atoms with Gasteiger partial charge in [-0.05, 0) is 49.4 Å². The Kier molecular flexibility index (Phi) is 5.55. The number of hydrogen-bond acceptors (Lipinski definition) is 3. The Morgan fingerprint density at radius 1 is 1.19 bits per heavy atom. The fourth-order valence-electron chi connectivity index (χ4n) is 3.81. The second kappa shape index (κ2) is 7.01. The van der Waals surface area contributed by atoms with E-state index in [1.165, 1.54) is 37.7 Å². The summed E-state index contributed by atoms with van der Waals surface area (Å²) >= 11 is 3.72. The van der Waals surface area contributed by atoms with Crippen LogP contribution >= 0.6 is 15.9 Å². The lowest BCUT2D eigenvalue weighted by Crippen LogP contribution is -2.34. The highest BCUT2D eigenvalue weighted by Crippen LogP contribution is 2.52. The Morgan fingerprint density at radius 2 is 1.76 bits per heavy atom. The number of benzene rings is 1. The number of ether oxygens (including phenoxy) is 2. The molecule has 1 aromatic carbocycles. The Balaban J connectivity index is 2.47. The molecular formula is C17H26BrNO2. The Labute approximate surface area is 136 Å². The van der Waals surface area contributed by atoms with Gasteiger partial charge in [-0.2, -0.15) is 0 Å². The monoisotopic (exact) mass is 355 g/mol. The lowest BCUT2D eigenvalue weighted by atomic mass is 9.73. The molecular weight excluding hydrogens is 330 g/mol. The van der Waals surface area contributed by atoms with Gasteiger partial charge in [-0.15, -0.1) is 0 Å². The molecule has 1 atom stereocenters. The maximum Gasteiger partial charge on any atom is 0.161 e. The summed E-state index contributed by atoms with van der Waals surface area (Å²) in [7, 11) is 5.42. The molecule has 1 N–H and O–H groups in total. The number of rotatable bonds is 6. The highest BCUT2D eigenvalue weighted by atomic mass is 79.9. The van der Waals surface area contributed by atoms with Gasteiger partial charge >= 0.3 is 0 Å². The molecule has 1 saturated carbocycles. The van der Waals surface area contributed by atoms with E-state index in [1.807, 2.05) is 6.07 Å². The van der Waals surface area contributed by atoms with Gasteiger partial charge in [-0.25, -0.2) is 0 Å². The third kappa shape index (κ3) is 3.07. The maximum atomic E-state index is 5.48. The van der Waals surface area contributed by atoms with E-state index in [4.69, 9.17) is 9.47 Å². The van der Waals surface area contributed by atoms with Gasteiger partial charge in [-0.1, -0.05) is 35.7 Å². The first-order chi connectivity index (χ1) is 10.1. The largest absolute Gasteiger partial charge is 0.493 e. The minimum Gasteiger partial charge on any atom is -0.493 e. The van der Waals surface area contributed by atoms with E-state index in [0.717, 1.165) is 16.0 Å². The molecule has 0 aromatic heterocycles. The van der Waals surface area contributed by atoms with Crippen molar-refractivity contribution in [3.63, 3.8) is 0 Å². The maximum absolute atomic E-state index is 5.48. The van der Waals surface area contributed by atoms with Crippen LogP contribution in [0.3, 0.4) is 0 Å². The van der Waals surface area contributed by atoms with Gasteiger partial charge in [0, 0.05) is 10.5 Å². The average Bonchev–Trinajstić information content (AvgIpc) is 2.99. The van der Waals surface area contributed by atoms with Gasteiger partial charge < -0.3 is 14.8 Å². The summed E-state index contributed by atoms with van der Waals surface area (Å²) < 4.78 is 12.0. The van der Waals surface area contributed by atoms with Gasteiger partial charge in [0.2, 0.25) is 0 Å². The van der Waals surface area contributed by atoms with Crippen LogP contribution in [0.25, 0.3) is 0 Å². The topological polar surface area (TPSA) is 30.5 Å². The molecule has 0 saturated heterocycles. The zero-order valence-corrected chi connectivity index (χ0v) is 15.0. The lowest BCUT2D eigenvalue weighted by Gasteiger charge is -2.38. The zero-order valence-electron chi connectivity index (χ0n) is 13.5. The summed E-state index contributed by atoms with van der Waals surface area (Å²) in [6, 6.07) is 4.45. The predicted molar refractivity (Wildman–Crippen MR) is 90.2 cm³/mol. The Bertz CT molecular complexity index is 484. The second-order valence-corrected chi connectivity index (χ2v) is 6.73. The van der Waals surface area contributed by atoms with Gasteiger partial charge in [0.25, 0.3) is 0 Å². The van der Waals surface area contributed by atoms with Crippen molar-refractivity contribution in [1.29, 1.82) is 0 Å². The molecule has 1 aliphatic rings. The first-order valence-electron chi connectivity index (χ1n) is 7.70. The average molecular weight is 356 g/mol. The molecule has 0 amide bonds. The smallest absolute Gasteiger partial charge is 0.161 e. The molecule has 0 spiro atoms. The zero-order chi connectivity index (χ0) is 15.5. The summed E-state index contributed by atoms with van der Waals surface area (Å²) in [6.07, 6.45) is 6.43. The van der Waals surface area contributed by atoms with Gasteiger partial charge in [0.1, 0.15) is 0 Å². The molecule has 1 aromatic rings. The van der Waals surface area contributed by atoms with E-state index < -0.39 is 0 Å². The molecule has 1 unspecified atom stereocenters. The van der Waals surface area contributed by atoms with Crippen LogP contribution in [0.4, 0.5) is 0 Å². The van der Waals surface area contributed by atoms with Crippen LogP contribution in [-0.4, -0.2) is 21.3 Å². The molecule has 21 heavy (non-hydrogen) atoms. The molecule has 0 radical (unpaired) electrons. The highest BCUT2D eigenvalue weighted by Gasteiger charge is 2.40. The molecule has 3 nitrogen and oxygen atoms in total. The van der Waals surface area contributed by atoms with E-state index in [-0.39, 0.29) is 0 Å². The van der Waals surface area contributed by atoms with Gasteiger partial charge in [0.05, 0.1) is 14.2 Å². The van der Waals surface area contributed by atoms with Gasteiger partial charge in [0.15, 0.2) is 11.5 Å². The van der Waals surface area contributed by atoms with E-state index >= 15 is 0 Å². The summed E-state index contributed by atoms with van der Waals surface area (Å²) in [4.78, 5) is 0. The SMILES string of the molecule is CCC1(C(NC)c2cc(OC)c(OC)cc2Br)CCCC1. The van der Waals surface area contributed by atoms with Crippen molar-refractivity contribution in [3.8, 4) is 11.5 Å². The van der Waals surface area contributed by atoms with Crippen molar-refractivity contribution < 1.29 is 9.47 Å². The minimum atomic E-state index is 0.333. The molecule has 0 heterocycles. The van der Waals surface area contributed by atoms with Crippen molar-refractivity contribution in [1.82, 2.24) is 5.32 Å². The third-order valence-corrected chi connectivity index (χ3v) is 5.71. The van der Waals surface area contributed by atoms with Crippen LogP contribution in [0.2, 0.25) is 0 Å². The van der Waals surface area contributed by atoms with Crippen LogP contribution in [0.1, 0.15) is 50.6 Å². The van der Waals surface area contributed by atoms with E-state index in [2.05, 4.69) is 41.3 Å². The van der Waals surface area contributed by atoms with Crippen LogP contribution in [0.5, 0.6) is 11.5 Å². The van der Waals surface area contributed by atoms with Crippen molar-refractivity contribution >= 4 is 15.9 Å². The Hall–Kier alpha value is -0.740.